The molecule has 1 aromatic heterocycles. The van der Waals surface area contributed by atoms with E-state index in [1.54, 1.807) is 11.6 Å². The van der Waals surface area contributed by atoms with E-state index in [1.165, 1.54) is 0 Å². The highest BCUT2D eigenvalue weighted by atomic mass is 16.5. The van der Waals surface area contributed by atoms with Gasteiger partial charge in [0.05, 0.1) is 18.8 Å². The summed E-state index contributed by atoms with van der Waals surface area (Å²) < 4.78 is 6.84. The summed E-state index contributed by atoms with van der Waals surface area (Å²) in [6, 6.07) is 0. The number of rotatable bonds is 5. The molecule has 0 amide bonds. The van der Waals surface area contributed by atoms with Crippen molar-refractivity contribution in [3.63, 3.8) is 0 Å². The first kappa shape index (κ1) is 15.6. The van der Waals surface area contributed by atoms with Crippen LogP contribution in [0.3, 0.4) is 0 Å². The van der Waals surface area contributed by atoms with E-state index in [0.717, 1.165) is 12.2 Å². The van der Waals surface area contributed by atoms with Crippen molar-refractivity contribution < 1.29 is 9.53 Å². The predicted octanol–water partition coefficient (Wildman–Crippen LogP) is 1.31. The average Bonchev–Trinajstić information content (AvgIpc) is 2.70. The highest BCUT2D eigenvalue weighted by Crippen LogP contribution is 2.25. The molecule has 0 N–H and O–H groups in total. The molecule has 0 aliphatic carbocycles. The van der Waals surface area contributed by atoms with Gasteiger partial charge in [-0.25, -0.2) is 9.48 Å². The van der Waals surface area contributed by atoms with Crippen LogP contribution in [0.15, 0.2) is 0 Å². The maximum absolute atomic E-state index is 11.9. The first-order chi connectivity index (χ1) is 8.77. The molecule has 0 spiro atoms. The molecule has 0 radical (unpaired) electrons. The summed E-state index contributed by atoms with van der Waals surface area (Å²) in [6.45, 7) is 9.79. The number of hydrogen-bond acceptors (Lipinski definition) is 5. The third-order valence-corrected chi connectivity index (χ3v) is 2.67. The van der Waals surface area contributed by atoms with Crippen molar-refractivity contribution in [3.8, 4) is 0 Å². The normalized spacial score (nSPS) is 11.9. The quantitative estimate of drug-likeness (QED) is 0.754. The van der Waals surface area contributed by atoms with Crippen molar-refractivity contribution in [1.82, 2.24) is 19.9 Å². The molecule has 0 aromatic carbocycles. The molecule has 1 heterocycles. The van der Waals surface area contributed by atoms with Gasteiger partial charge in [-0.1, -0.05) is 26.0 Å². The molecule has 0 unspecified atom stereocenters. The van der Waals surface area contributed by atoms with Crippen LogP contribution in [0.2, 0.25) is 0 Å². The zero-order chi connectivity index (χ0) is 14.6. The molecule has 0 aliphatic rings. The number of hydrogen-bond donors (Lipinski definition) is 0. The summed E-state index contributed by atoms with van der Waals surface area (Å²) in [5, 5.41) is 8.10. The monoisotopic (exact) mass is 268 g/mol. The molecule has 1 rings (SSSR count). The van der Waals surface area contributed by atoms with E-state index < -0.39 is 5.97 Å². The van der Waals surface area contributed by atoms with Crippen LogP contribution >= 0.6 is 0 Å². The van der Waals surface area contributed by atoms with Gasteiger partial charge in [-0.15, -0.1) is 5.10 Å². The molecule has 6 nitrogen and oxygen atoms in total. The second kappa shape index (κ2) is 6.14. The van der Waals surface area contributed by atoms with Crippen LogP contribution < -0.4 is 0 Å². The second-order valence-electron chi connectivity index (χ2n) is 5.78. The Morgan fingerprint density at radius 1 is 1.37 bits per heavy atom. The lowest BCUT2D eigenvalue weighted by atomic mass is 9.90. The Morgan fingerprint density at radius 3 is 2.47 bits per heavy atom. The zero-order valence-corrected chi connectivity index (χ0v) is 12.7. The Labute approximate surface area is 114 Å². The molecular formula is C13H24N4O2. The lowest BCUT2D eigenvalue weighted by Crippen LogP contribution is -2.26. The van der Waals surface area contributed by atoms with Gasteiger partial charge < -0.3 is 9.64 Å². The van der Waals surface area contributed by atoms with Crippen molar-refractivity contribution in [2.45, 2.75) is 39.7 Å². The van der Waals surface area contributed by atoms with Crippen LogP contribution in [0.4, 0.5) is 0 Å². The minimum absolute atomic E-state index is 0.210. The maximum Gasteiger partial charge on any atom is 0.360 e. The smallest absolute Gasteiger partial charge is 0.360 e. The third-order valence-electron chi connectivity index (χ3n) is 2.67. The van der Waals surface area contributed by atoms with Gasteiger partial charge in [0.25, 0.3) is 0 Å². The van der Waals surface area contributed by atoms with Crippen molar-refractivity contribution in [1.29, 1.82) is 0 Å². The Bertz CT molecular complexity index is 432. The van der Waals surface area contributed by atoms with Crippen molar-refractivity contribution in [2.24, 2.45) is 0 Å². The Kier molecular flexibility index (Phi) is 5.05. The molecule has 6 heteroatoms. The van der Waals surface area contributed by atoms with Crippen LogP contribution in [0, 0.1) is 0 Å². The van der Waals surface area contributed by atoms with Crippen molar-refractivity contribution >= 4 is 5.97 Å². The lowest BCUT2D eigenvalue weighted by molar-refractivity contribution is 0.0516. The SMILES string of the molecule is CCOC(=O)c1nnn(CCN(C)C)c1C(C)(C)C. The first-order valence-electron chi connectivity index (χ1n) is 6.53. The lowest BCUT2D eigenvalue weighted by Gasteiger charge is -2.21. The molecule has 0 bridgehead atoms. The van der Waals surface area contributed by atoms with Crippen LogP contribution in [-0.4, -0.2) is 53.1 Å². The molecule has 0 saturated carbocycles. The van der Waals surface area contributed by atoms with E-state index in [-0.39, 0.29) is 5.41 Å². The number of nitrogens with zero attached hydrogens (tertiary/aromatic N) is 4. The second-order valence-corrected chi connectivity index (χ2v) is 5.78. The van der Waals surface area contributed by atoms with E-state index in [2.05, 4.69) is 15.2 Å². The molecule has 1 aromatic rings. The largest absolute Gasteiger partial charge is 0.461 e. The first-order valence-corrected chi connectivity index (χ1v) is 6.53. The number of esters is 1. The molecular weight excluding hydrogens is 244 g/mol. The maximum atomic E-state index is 11.9. The predicted molar refractivity (Wildman–Crippen MR) is 73.2 cm³/mol. The van der Waals surface area contributed by atoms with Gasteiger partial charge in [-0.2, -0.15) is 0 Å². The average molecular weight is 268 g/mol. The molecule has 0 atom stereocenters. The van der Waals surface area contributed by atoms with E-state index >= 15 is 0 Å². The minimum atomic E-state index is -0.400. The molecule has 108 valence electrons. The Hall–Kier alpha value is -1.43. The Morgan fingerprint density at radius 2 is 2.00 bits per heavy atom. The molecule has 0 fully saturated rings. The minimum Gasteiger partial charge on any atom is -0.461 e. The van der Waals surface area contributed by atoms with E-state index in [0.29, 0.717) is 18.8 Å². The van der Waals surface area contributed by atoms with Crippen LogP contribution in [0.25, 0.3) is 0 Å². The van der Waals surface area contributed by atoms with Crippen molar-refractivity contribution in [2.75, 3.05) is 27.2 Å². The van der Waals surface area contributed by atoms with Crippen LogP contribution in [0.5, 0.6) is 0 Å². The summed E-state index contributed by atoms with van der Waals surface area (Å²) in [7, 11) is 4.00. The Balaban J connectivity index is 3.09. The molecule has 0 saturated heterocycles. The topological polar surface area (TPSA) is 60.2 Å². The number of carbonyl (C=O) groups excluding carboxylic acids is 1. The van der Waals surface area contributed by atoms with Gasteiger partial charge in [0.15, 0.2) is 5.69 Å². The van der Waals surface area contributed by atoms with Gasteiger partial charge >= 0.3 is 5.97 Å². The van der Waals surface area contributed by atoms with Gasteiger partial charge in [-0.3, -0.25) is 0 Å². The third kappa shape index (κ3) is 4.02. The van der Waals surface area contributed by atoms with E-state index in [1.807, 2.05) is 34.9 Å². The molecule has 19 heavy (non-hydrogen) atoms. The summed E-state index contributed by atoms with van der Waals surface area (Å²) in [4.78, 5) is 14.0. The number of likely N-dealkylation sites (N-methyl/N-ethyl adjacent to an activating group) is 1. The number of aromatic nitrogens is 3. The van der Waals surface area contributed by atoms with Gasteiger partial charge in [0.1, 0.15) is 0 Å². The fraction of sp³-hybridized carbons (Fsp3) is 0.769. The number of carbonyl (C=O) groups is 1. The highest BCUT2D eigenvalue weighted by molar-refractivity contribution is 5.88. The summed E-state index contributed by atoms with van der Waals surface area (Å²) in [5.41, 5.74) is 0.943. The zero-order valence-electron chi connectivity index (χ0n) is 12.7. The fourth-order valence-corrected chi connectivity index (χ4v) is 1.84. The van der Waals surface area contributed by atoms with E-state index in [4.69, 9.17) is 4.74 Å². The fourth-order valence-electron chi connectivity index (χ4n) is 1.84. The highest BCUT2D eigenvalue weighted by Gasteiger charge is 2.29. The van der Waals surface area contributed by atoms with Gasteiger partial charge in [0.2, 0.25) is 0 Å². The van der Waals surface area contributed by atoms with Crippen molar-refractivity contribution in [3.05, 3.63) is 11.4 Å². The molecule has 0 aliphatic heterocycles. The summed E-state index contributed by atoms with van der Waals surface area (Å²) in [5.74, 6) is -0.400. The number of ether oxygens (including phenoxy) is 1. The van der Waals surface area contributed by atoms with Crippen LogP contribution in [-0.2, 0) is 16.7 Å². The van der Waals surface area contributed by atoms with Gasteiger partial charge in [0, 0.05) is 12.0 Å². The van der Waals surface area contributed by atoms with E-state index in [9.17, 15) is 4.79 Å². The standard InChI is InChI=1S/C13H24N4O2/c1-7-19-12(18)10-11(13(2,3)4)17(15-14-10)9-8-16(5)6/h7-9H2,1-6H3. The van der Waals surface area contributed by atoms with Crippen LogP contribution in [0.1, 0.15) is 43.9 Å². The summed E-state index contributed by atoms with van der Waals surface area (Å²) >= 11 is 0. The van der Waals surface area contributed by atoms with Gasteiger partial charge in [-0.05, 0) is 21.0 Å². The summed E-state index contributed by atoms with van der Waals surface area (Å²) in [6.07, 6.45) is 0.